The summed E-state index contributed by atoms with van der Waals surface area (Å²) < 4.78 is 18.7. The van der Waals surface area contributed by atoms with Crippen LogP contribution in [0.15, 0.2) is 60.7 Å². The second-order valence-electron chi connectivity index (χ2n) is 4.01. The Balaban J connectivity index is 2.39. The third-order valence-electron chi connectivity index (χ3n) is 2.70. The van der Waals surface area contributed by atoms with Gasteiger partial charge in [0.2, 0.25) is 0 Å². The predicted molar refractivity (Wildman–Crippen MR) is 76.4 cm³/mol. The number of hydrogen-bond acceptors (Lipinski definition) is 3. The van der Waals surface area contributed by atoms with Crippen LogP contribution in [0.3, 0.4) is 0 Å². The van der Waals surface area contributed by atoms with Gasteiger partial charge in [-0.25, -0.2) is 0 Å². The van der Waals surface area contributed by atoms with Gasteiger partial charge in [-0.05, 0) is 24.3 Å². The van der Waals surface area contributed by atoms with Crippen LogP contribution in [0, 0.1) is 0 Å². The van der Waals surface area contributed by atoms with Gasteiger partial charge in [0.25, 0.3) is 7.37 Å². The molecule has 0 radical (unpaired) electrons. The molecule has 0 N–H and O–H groups in total. The lowest BCUT2D eigenvalue weighted by Gasteiger charge is -2.18. The number of rotatable bonds is 6. The Hall–Kier alpha value is -1.70. The Morgan fingerprint density at radius 1 is 0.895 bits per heavy atom. The lowest BCUT2D eigenvalue weighted by Crippen LogP contribution is -2.18. The van der Waals surface area contributed by atoms with Crippen LogP contribution in [0.2, 0.25) is 0 Å². The zero-order chi connectivity index (χ0) is 13.6. The Morgan fingerprint density at radius 2 is 1.37 bits per heavy atom. The maximum Gasteiger partial charge on any atom is 0.261 e. The van der Waals surface area contributed by atoms with Gasteiger partial charge in [-0.15, -0.1) is 0 Å². The van der Waals surface area contributed by atoms with Gasteiger partial charge in [-0.1, -0.05) is 36.4 Å². The molecule has 0 saturated heterocycles. The van der Waals surface area contributed by atoms with E-state index < -0.39 is 7.37 Å². The van der Waals surface area contributed by atoms with Gasteiger partial charge in [0.1, 0.15) is 6.29 Å². The highest BCUT2D eigenvalue weighted by atomic mass is 31.2. The Labute approximate surface area is 112 Å². The summed E-state index contributed by atoms with van der Waals surface area (Å²) in [4.78, 5) is 10.4. The maximum absolute atomic E-state index is 13.2. The monoisotopic (exact) mass is 274 g/mol. The molecule has 0 aliphatic heterocycles. The Morgan fingerprint density at radius 3 is 1.79 bits per heavy atom. The van der Waals surface area contributed by atoms with Crippen molar-refractivity contribution in [2.45, 2.75) is 6.42 Å². The fourth-order valence-electron chi connectivity index (χ4n) is 1.78. The van der Waals surface area contributed by atoms with Gasteiger partial charge >= 0.3 is 0 Å². The summed E-state index contributed by atoms with van der Waals surface area (Å²) in [5.41, 5.74) is 0. The lowest BCUT2D eigenvalue weighted by atomic mass is 10.4. The minimum absolute atomic E-state index is 0.157. The zero-order valence-electron chi connectivity index (χ0n) is 10.4. The third kappa shape index (κ3) is 3.19. The SMILES string of the molecule is O=CCCOP(=O)(c1ccccc1)c1ccccc1. The molecule has 98 valence electrons. The summed E-state index contributed by atoms with van der Waals surface area (Å²) in [6.07, 6.45) is 1.00. The highest BCUT2D eigenvalue weighted by molar-refractivity contribution is 7.74. The highest BCUT2D eigenvalue weighted by Gasteiger charge is 2.27. The van der Waals surface area contributed by atoms with Gasteiger partial charge in [-0.2, -0.15) is 0 Å². The van der Waals surface area contributed by atoms with Crippen molar-refractivity contribution in [1.82, 2.24) is 0 Å². The summed E-state index contributed by atoms with van der Waals surface area (Å²) in [7, 11) is -3.11. The number of carbonyl (C=O) groups is 1. The fraction of sp³-hybridized carbons (Fsp3) is 0.133. The molecule has 0 unspecified atom stereocenters. The Kier molecular flexibility index (Phi) is 4.67. The average molecular weight is 274 g/mol. The van der Waals surface area contributed by atoms with E-state index in [4.69, 9.17) is 4.52 Å². The van der Waals surface area contributed by atoms with Crippen LogP contribution >= 0.6 is 7.37 Å². The second-order valence-corrected chi connectivity index (χ2v) is 6.41. The molecule has 0 bridgehead atoms. The average Bonchev–Trinajstić information content (AvgIpc) is 2.49. The molecular formula is C15H15O3P. The van der Waals surface area contributed by atoms with Crippen LogP contribution in [0.4, 0.5) is 0 Å². The molecule has 0 aromatic heterocycles. The van der Waals surface area contributed by atoms with Crippen molar-refractivity contribution in [2.75, 3.05) is 6.61 Å². The topological polar surface area (TPSA) is 43.4 Å². The molecule has 2 rings (SSSR count). The van der Waals surface area contributed by atoms with Gasteiger partial charge in [0.05, 0.1) is 6.61 Å². The minimum Gasteiger partial charge on any atom is -0.322 e. The first-order valence-corrected chi connectivity index (χ1v) is 7.69. The first-order valence-electron chi connectivity index (χ1n) is 6.07. The van der Waals surface area contributed by atoms with Crippen molar-refractivity contribution in [1.29, 1.82) is 0 Å². The molecule has 0 aliphatic carbocycles. The molecule has 0 fully saturated rings. The molecule has 0 amide bonds. The molecule has 19 heavy (non-hydrogen) atoms. The predicted octanol–water partition coefficient (Wildman–Crippen LogP) is 2.52. The van der Waals surface area contributed by atoms with Crippen molar-refractivity contribution in [3.63, 3.8) is 0 Å². The molecule has 4 heteroatoms. The lowest BCUT2D eigenvalue weighted by molar-refractivity contribution is -0.108. The Bertz CT molecular complexity index is 523. The van der Waals surface area contributed by atoms with Crippen molar-refractivity contribution in [3.05, 3.63) is 60.7 Å². The quantitative estimate of drug-likeness (QED) is 0.462. The summed E-state index contributed by atoms with van der Waals surface area (Å²) >= 11 is 0. The van der Waals surface area contributed by atoms with E-state index in [1.54, 1.807) is 24.3 Å². The van der Waals surface area contributed by atoms with E-state index in [-0.39, 0.29) is 13.0 Å². The molecule has 0 saturated carbocycles. The van der Waals surface area contributed by atoms with Crippen molar-refractivity contribution < 1.29 is 13.9 Å². The van der Waals surface area contributed by atoms with Crippen molar-refractivity contribution in [2.24, 2.45) is 0 Å². The van der Waals surface area contributed by atoms with Gasteiger partial charge < -0.3 is 9.32 Å². The van der Waals surface area contributed by atoms with E-state index in [0.29, 0.717) is 10.6 Å². The van der Waals surface area contributed by atoms with Crippen LogP contribution in [-0.2, 0) is 13.9 Å². The van der Waals surface area contributed by atoms with E-state index >= 15 is 0 Å². The van der Waals surface area contributed by atoms with Crippen LogP contribution < -0.4 is 10.6 Å². The van der Waals surface area contributed by atoms with Crippen molar-refractivity contribution >= 4 is 24.3 Å². The van der Waals surface area contributed by atoms with Crippen LogP contribution in [0.5, 0.6) is 0 Å². The number of aldehydes is 1. The van der Waals surface area contributed by atoms with E-state index in [1.165, 1.54) is 0 Å². The minimum atomic E-state index is -3.11. The summed E-state index contributed by atoms with van der Waals surface area (Å²) in [6.45, 7) is 0.157. The van der Waals surface area contributed by atoms with Crippen LogP contribution in [0.1, 0.15) is 6.42 Å². The molecular weight excluding hydrogens is 259 g/mol. The van der Waals surface area contributed by atoms with Gasteiger partial charge in [0, 0.05) is 17.0 Å². The van der Waals surface area contributed by atoms with E-state index in [9.17, 15) is 9.36 Å². The number of carbonyl (C=O) groups excluding carboxylic acids is 1. The van der Waals surface area contributed by atoms with Crippen LogP contribution in [0.25, 0.3) is 0 Å². The standard InChI is InChI=1S/C15H15O3P/c16-12-7-13-18-19(17,14-8-3-1-4-9-14)15-10-5-2-6-11-15/h1-6,8-12H,7,13H2. The first kappa shape index (κ1) is 13.7. The zero-order valence-corrected chi connectivity index (χ0v) is 11.3. The fourth-order valence-corrected chi connectivity index (χ4v) is 3.86. The summed E-state index contributed by atoms with van der Waals surface area (Å²) in [5, 5.41) is 1.29. The molecule has 0 spiro atoms. The van der Waals surface area contributed by atoms with E-state index in [0.717, 1.165) is 6.29 Å². The molecule has 2 aromatic carbocycles. The molecule has 3 nitrogen and oxygen atoms in total. The first-order chi connectivity index (χ1) is 9.27. The molecule has 0 atom stereocenters. The molecule has 0 heterocycles. The largest absolute Gasteiger partial charge is 0.322 e. The second kappa shape index (κ2) is 6.46. The smallest absolute Gasteiger partial charge is 0.261 e. The van der Waals surface area contributed by atoms with Gasteiger partial charge in [-0.3, -0.25) is 4.57 Å². The van der Waals surface area contributed by atoms with Gasteiger partial charge in [0.15, 0.2) is 0 Å². The molecule has 2 aromatic rings. The summed E-state index contributed by atoms with van der Waals surface area (Å²) in [6, 6.07) is 18.2. The van der Waals surface area contributed by atoms with E-state index in [2.05, 4.69) is 0 Å². The van der Waals surface area contributed by atoms with Crippen LogP contribution in [-0.4, -0.2) is 12.9 Å². The number of benzene rings is 2. The maximum atomic E-state index is 13.2. The normalized spacial score (nSPS) is 11.2. The third-order valence-corrected chi connectivity index (χ3v) is 5.20. The number of hydrogen-bond donors (Lipinski definition) is 0. The molecule has 0 aliphatic rings. The van der Waals surface area contributed by atoms with E-state index in [1.807, 2.05) is 36.4 Å². The van der Waals surface area contributed by atoms with Crippen molar-refractivity contribution in [3.8, 4) is 0 Å². The summed E-state index contributed by atoms with van der Waals surface area (Å²) in [5.74, 6) is 0. The highest BCUT2D eigenvalue weighted by Crippen LogP contribution is 2.44.